The van der Waals surface area contributed by atoms with Gasteiger partial charge in [-0.05, 0) is 42.3 Å². The Morgan fingerprint density at radius 1 is 1.20 bits per heavy atom. The van der Waals surface area contributed by atoms with Gasteiger partial charge in [0.2, 0.25) is 5.28 Å². The minimum Gasteiger partial charge on any atom is -0.340 e. The molecule has 0 bridgehead atoms. The molecule has 0 saturated carbocycles. The van der Waals surface area contributed by atoms with Crippen LogP contribution in [0, 0.1) is 6.92 Å². The van der Waals surface area contributed by atoms with Crippen LogP contribution in [0.5, 0.6) is 0 Å². The van der Waals surface area contributed by atoms with Crippen molar-refractivity contribution in [3.8, 4) is 0 Å². The Morgan fingerprint density at radius 3 is 2.50 bits per heavy atom. The fraction of sp³-hybridized carbons (Fsp3) is 0.167. The maximum Gasteiger partial charge on any atom is 0.433 e. The predicted molar refractivity (Wildman–Crippen MR) is 74.2 cm³/mol. The highest BCUT2D eigenvalue weighted by Gasteiger charge is 2.33. The number of rotatable bonds is 2. The molecule has 0 atom stereocenters. The van der Waals surface area contributed by atoms with Gasteiger partial charge in [0.15, 0.2) is 5.69 Å². The standard InChI is InChI=1S/C12H8BrClF3N3/c1-6-4-7(2-3-8(6)13)18-10-5-9(12(15,16)17)19-11(14)20-10/h2-5H,1H3,(H,18,19,20). The molecule has 8 heteroatoms. The zero-order valence-corrected chi connectivity index (χ0v) is 12.4. The molecule has 0 saturated heterocycles. The van der Waals surface area contributed by atoms with Gasteiger partial charge in [0.25, 0.3) is 0 Å². The number of nitrogens with one attached hydrogen (secondary N) is 1. The van der Waals surface area contributed by atoms with Crippen molar-refractivity contribution in [2.45, 2.75) is 13.1 Å². The fourth-order valence-electron chi connectivity index (χ4n) is 1.50. The molecule has 0 radical (unpaired) electrons. The molecule has 20 heavy (non-hydrogen) atoms. The molecule has 2 aromatic rings. The summed E-state index contributed by atoms with van der Waals surface area (Å²) in [4.78, 5) is 6.89. The van der Waals surface area contributed by atoms with E-state index in [1.807, 2.05) is 6.92 Å². The van der Waals surface area contributed by atoms with Crippen LogP contribution in [0.4, 0.5) is 24.7 Å². The molecule has 0 fully saturated rings. The highest BCUT2D eigenvalue weighted by molar-refractivity contribution is 9.10. The second-order valence-corrected chi connectivity index (χ2v) is 5.19. The molecular weight excluding hydrogens is 359 g/mol. The SMILES string of the molecule is Cc1cc(Nc2cc(C(F)(F)F)nc(Cl)n2)ccc1Br. The number of anilines is 2. The average Bonchev–Trinajstić information content (AvgIpc) is 2.32. The van der Waals surface area contributed by atoms with E-state index in [0.717, 1.165) is 16.1 Å². The van der Waals surface area contributed by atoms with Crippen molar-refractivity contribution in [3.63, 3.8) is 0 Å². The lowest BCUT2D eigenvalue weighted by atomic mass is 10.2. The molecule has 0 aliphatic rings. The normalized spacial score (nSPS) is 11.5. The van der Waals surface area contributed by atoms with Gasteiger partial charge in [-0.2, -0.15) is 13.2 Å². The smallest absolute Gasteiger partial charge is 0.340 e. The van der Waals surface area contributed by atoms with E-state index in [0.29, 0.717) is 5.69 Å². The second-order valence-electron chi connectivity index (χ2n) is 3.99. The maximum absolute atomic E-state index is 12.6. The zero-order chi connectivity index (χ0) is 14.9. The minimum absolute atomic E-state index is 0.0148. The van der Waals surface area contributed by atoms with Gasteiger partial charge in [0.05, 0.1) is 0 Å². The zero-order valence-electron chi connectivity index (χ0n) is 10.1. The Hall–Kier alpha value is -1.34. The van der Waals surface area contributed by atoms with Crippen LogP contribution < -0.4 is 5.32 Å². The fourth-order valence-corrected chi connectivity index (χ4v) is 1.93. The van der Waals surface area contributed by atoms with Crippen LogP contribution in [0.15, 0.2) is 28.7 Å². The van der Waals surface area contributed by atoms with Gasteiger partial charge in [-0.15, -0.1) is 0 Å². The van der Waals surface area contributed by atoms with Crippen LogP contribution in [0.25, 0.3) is 0 Å². The van der Waals surface area contributed by atoms with E-state index in [4.69, 9.17) is 11.6 Å². The average molecular weight is 367 g/mol. The molecule has 1 aromatic carbocycles. The molecule has 2 rings (SSSR count). The number of aromatic nitrogens is 2. The molecule has 1 aromatic heterocycles. The lowest BCUT2D eigenvalue weighted by Gasteiger charge is -2.10. The van der Waals surface area contributed by atoms with Crippen LogP contribution in [-0.2, 0) is 6.18 Å². The number of halogens is 5. The first-order valence-electron chi connectivity index (χ1n) is 5.40. The van der Waals surface area contributed by atoms with Crippen molar-refractivity contribution >= 4 is 39.0 Å². The van der Waals surface area contributed by atoms with Crippen LogP contribution in [-0.4, -0.2) is 9.97 Å². The third-order valence-corrected chi connectivity index (χ3v) is 3.48. The van der Waals surface area contributed by atoms with Crippen LogP contribution in [0.1, 0.15) is 11.3 Å². The van der Waals surface area contributed by atoms with E-state index < -0.39 is 17.2 Å². The summed E-state index contributed by atoms with van der Waals surface area (Å²) in [5.41, 5.74) is 0.452. The number of aryl methyl sites for hydroxylation is 1. The van der Waals surface area contributed by atoms with Gasteiger partial charge in [-0.3, -0.25) is 0 Å². The Balaban J connectivity index is 2.33. The number of benzene rings is 1. The summed E-state index contributed by atoms with van der Waals surface area (Å²) < 4.78 is 38.8. The highest BCUT2D eigenvalue weighted by atomic mass is 79.9. The predicted octanol–water partition coefficient (Wildman–Crippen LogP) is 4.96. The van der Waals surface area contributed by atoms with Gasteiger partial charge in [-0.25, -0.2) is 9.97 Å². The number of hydrogen-bond acceptors (Lipinski definition) is 3. The molecule has 1 heterocycles. The van der Waals surface area contributed by atoms with Crippen LogP contribution in [0.2, 0.25) is 5.28 Å². The van der Waals surface area contributed by atoms with Crippen molar-refractivity contribution in [2.75, 3.05) is 5.32 Å². The number of nitrogens with zero attached hydrogens (tertiary/aromatic N) is 2. The van der Waals surface area contributed by atoms with Gasteiger partial charge in [0, 0.05) is 16.2 Å². The molecular formula is C12H8BrClF3N3. The summed E-state index contributed by atoms with van der Waals surface area (Å²) in [5, 5.41) is 2.31. The molecule has 0 aliphatic heterocycles. The van der Waals surface area contributed by atoms with E-state index in [1.54, 1.807) is 18.2 Å². The second kappa shape index (κ2) is 5.57. The van der Waals surface area contributed by atoms with Crippen molar-refractivity contribution in [3.05, 3.63) is 45.3 Å². The van der Waals surface area contributed by atoms with Crippen LogP contribution in [0.3, 0.4) is 0 Å². The van der Waals surface area contributed by atoms with Crippen LogP contribution >= 0.6 is 27.5 Å². The summed E-state index contributed by atoms with van der Waals surface area (Å²) in [5.74, 6) is -0.0148. The summed E-state index contributed by atoms with van der Waals surface area (Å²) >= 11 is 8.85. The van der Waals surface area contributed by atoms with E-state index in [-0.39, 0.29) is 5.82 Å². The Bertz CT molecular complexity index is 646. The first-order valence-corrected chi connectivity index (χ1v) is 6.58. The molecule has 0 amide bonds. The first-order chi connectivity index (χ1) is 9.25. The van der Waals surface area contributed by atoms with Crippen molar-refractivity contribution in [1.82, 2.24) is 9.97 Å². The minimum atomic E-state index is -4.57. The van der Waals surface area contributed by atoms with E-state index >= 15 is 0 Å². The summed E-state index contributed by atoms with van der Waals surface area (Å²) in [6.07, 6.45) is -4.57. The quantitative estimate of drug-likeness (QED) is 0.763. The molecule has 1 N–H and O–H groups in total. The van der Waals surface area contributed by atoms with Gasteiger partial charge in [-0.1, -0.05) is 15.9 Å². The Kier molecular flexibility index (Phi) is 4.19. The van der Waals surface area contributed by atoms with E-state index in [9.17, 15) is 13.2 Å². The molecule has 3 nitrogen and oxygen atoms in total. The molecule has 0 spiro atoms. The van der Waals surface area contributed by atoms with E-state index in [2.05, 4.69) is 31.2 Å². The lowest BCUT2D eigenvalue weighted by molar-refractivity contribution is -0.141. The van der Waals surface area contributed by atoms with Gasteiger partial charge < -0.3 is 5.32 Å². The highest BCUT2D eigenvalue weighted by Crippen LogP contribution is 2.30. The first kappa shape index (κ1) is 15.1. The van der Waals surface area contributed by atoms with Crippen molar-refractivity contribution in [1.29, 1.82) is 0 Å². The molecule has 0 aliphatic carbocycles. The monoisotopic (exact) mass is 365 g/mol. The third-order valence-electron chi connectivity index (χ3n) is 2.42. The third kappa shape index (κ3) is 3.61. The molecule has 106 valence electrons. The largest absolute Gasteiger partial charge is 0.433 e. The topological polar surface area (TPSA) is 37.8 Å². The maximum atomic E-state index is 12.6. The van der Waals surface area contributed by atoms with Crippen molar-refractivity contribution < 1.29 is 13.2 Å². The van der Waals surface area contributed by atoms with E-state index in [1.165, 1.54) is 0 Å². The summed E-state index contributed by atoms with van der Waals surface area (Å²) in [7, 11) is 0. The van der Waals surface area contributed by atoms with Gasteiger partial charge in [0.1, 0.15) is 5.82 Å². The summed E-state index contributed by atoms with van der Waals surface area (Å²) in [6.45, 7) is 1.86. The number of hydrogen-bond donors (Lipinski definition) is 1. The molecule has 0 unspecified atom stereocenters. The summed E-state index contributed by atoms with van der Waals surface area (Å²) in [6, 6.07) is 6.07. The van der Waals surface area contributed by atoms with Crippen molar-refractivity contribution in [2.24, 2.45) is 0 Å². The Labute approximate surface area is 126 Å². The van der Waals surface area contributed by atoms with Gasteiger partial charge >= 0.3 is 6.18 Å². The number of alkyl halides is 3. The Morgan fingerprint density at radius 2 is 1.90 bits per heavy atom. The lowest BCUT2D eigenvalue weighted by Crippen LogP contribution is -2.10.